The Morgan fingerprint density at radius 3 is 1.39 bits per heavy atom. The lowest BCUT2D eigenvalue weighted by Gasteiger charge is -2.03. The number of rotatable bonds is 18. The summed E-state index contributed by atoms with van der Waals surface area (Å²) in [4.78, 5) is 11.5. The van der Waals surface area contributed by atoms with Crippen LogP contribution >= 0.6 is 21.6 Å². The predicted octanol–water partition coefficient (Wildman–Crippen LogP) is 8.18. The van der Waals surface area contributed by atoms with Gasteiger partial charge in [-0.15, -0.1) is 0 Å². The average Bonchev–Trinajstić information content (AvgIpc) is 2.56. The molecule has 0 aromatic heterocycles. The smallest absolute Gasteiger partial charge is 0.199 e. The maximum atomic E-state index is 11.5. The first-order chi connectivity index (χ1) is 11.3. The summed E-state index contributed by atoms with van der Waals surface area (Å²) in [5, 5.41) is 0.367. The molecule has 0 spiro atoms. The molecule has 0 amide bonds. The van der Waals surface area contributed by atoms with Crippen molar-refractivity contribution in [2.75, 3.05) is 5.75 Å². The molecule has 138 valence electrons. The second-order valence-electron chi connectivity index (χ2n) is 6.56. The predicted molar refractivity (Wildman–Crippen MR) is 110 cm³/mol. The van der Waals surface area contributed by atoms with E-state index in [1.165, 1.54) is 101 Å². The highest BCUT2D eigenvalue weighted by molar-refractivity contribution is 8.82. The molecule has 0 N–H and O–H groups in total. The van der Waals surface area contributed by atoms with Crippen molar-refractivity contribution in [2.45, 2.75) is 117 Å². The van der Waals surface area contributed by atoms with E-state index in [-0.39, 0.29) is 0 Å². The first-order valence-corrected chi connectivity index (χ1v) is 12.5. The summed E-state index contributed by atoms with van der Waals surface area (Å²) in [6.07, 6.45) is 21.5. The second-order valence-corrected chi connectivity index (χ2v) is 9.20. The summed E-state index contributed by atoms with van der Waals surface area (Å²) in [6.45, 7) is 4.38. The van der Waals surface area contributed by atoms with Crippen molar-refractivity contribution in [3.8, 4) is 0 Å². The molecule has 0 bridgehead atoms. The van der Waals surface area contributed by atoms with Crippen LogP contribution in [0, 0.1) is 0 Å². The van der Waals surface area contributed by atoms with Crippen LogP contribution in [0.15, 0.2) is 0 Å². The second kappa shape index (κ2) is 20.4. The zero-order valence-electron chi connectivity index (χ0n) is 15.7. The Morgan fingerprint density at radius 2 is 1.00 bits per heavy atom. The Kier molecular flexibility index (Phi) is 20.7. The van der Waals surface area contributed by atoms with Crippen LogP contribution in [0.2, 0.25) is 0 Å². The van der Waals surface area contributed by atoms with Gasteiger partial charge in [0.05, 0.1) is 0 Å². The summed E-state index contributed by atoms with van der Waals surface area (Å²) in [7, 11) is 3.11. The molecule has 1 nitrogen and oxygen atoms in total. The minimum absolute atomic E-state index is 0.367. The van der Waals surface area contributed by atoms with Crippen LogP contribution in [0.3, 0.4) is 0 Å². The van der Waals surface area contributed by atoms with Gasteiger partial charge < -0.3 is 0 Å². The maximum absolute atomic E-state index is 11.5. The number of hydrogen-bond donors (Lipinski definition) is 0. The molecule has 0 radical (unpaired) electrons. The lowest BCUT2D eigenvalue weighted by Crippen LogP contribution is -1.89. The maximum Gasteiger partial charge on any atom is 0.199 e. The lowest BCUT2D eigenvalue weighted by molar-refractivity contribution is -0.110. The molecule has 0 heterocycles. The van der Waals surface area contributed by atoms with Gasteiger partial charge in [0.15, 0.2) is 5.12 Å². The van der Waals surface area contributed by atoms with E-state index >= 15 is 0 Å². The number of carbonyl (C=O) groups excluding carboxylic acids is 1. The van der Waals surface area contributed by atoms with Gasteiger partial charge >= 0.3 is 0 Å². The van der Waals surface area contributed by atoms with Crippen molar-refractivity contribution in [3.05, 3.63) is 0 Å². The highest BCUT2D eigenvalue weighted by Gasteiger charge is 2.02. The fraction of sp³-hybridized carbons (Fsp3) is 0.950. The molecule has 3 heteroatoms. The van der Waals surface area contributed by atoms with Gasteiger partial charge in [-0.25, -0.2) is 0 Å². The van der Waals surface area contributed by atoms with E-state index in [1.54, 1.807) is 10.8 Å². The van der Waals surface area contributed by atoms with Crippen molar-refractivity contribution in [1.82, 2.24) is 0 Å². The van der Waals surface area contributed by atoms with Crippen molar-refractivity contribution in [1.29, 1.82) is 0 Å². The van der Waals surface area contributed by atoms with Crippen LogP contribution in [-0.2, 0) is 4.79 Å². The largest absolute Gasteiger partial charge is 0.286 e. The highest BCUT2D eigenvalue weighted by atomic mass is 33.1. The van der Waals surface area contributed by atoms with Crippen molar-refractivity contribution in [3.63, 3.8) is 0 Å². The summed E-state index contributed by atoms with van der Waals surface area (Å²) < 4.78 is 0. The molecule has 0 aromatic rings. The zero-order chi connectivity index (χ0) is 17.0. The van der Waals surface area contributed by atoms with Crippen LogP contribution in [-0.4, -0.2) is 10.9 Å². The molecule has 0 saturated heterocycles. The van der Waals surface area contributed by atoms with E-state index in [0.29, 0.717) is 5.12 Å². The van der Waals surface area contributed by atoms with Crippen molar-refractivity contribution >= 4 is 26.7 Å². The topological polar surface area (TPSA) is 17.1 Å². The third-order valence-corrected chi connectivity index (χ3v) is 6.62. The molecule has 0 atom stereocenters. The van der Waals surface area contributed by atoms with Gasteiger partial charge in [0.2, 0.25) is 0 Å². The van der Waals surface area contributed by atoms with E-state index in [0.717, 1.165) is 18.6 Å². The average molecular weight is 361 g/mol. The van der Waals surface area contributed by atoms with Crippen LogP contribution in [0.1, 0.15) is 117 Å². The Balaban J connectivity index is 3.04. The van der Waals surface area contributed by atoms with Crippen LogP contribution in [0.5, 0.6) is 0 Å². The fourth-order valence-corrected chi connectivity index (χ4v) is 4.28. The first kappa shape index (κ1) is 23.4. The molecule has 0 aromatic carbocycles. The number of unbranched alkanes of at least 4 members (excludes halogenated alkanes) is 14. The number of carbonyl (C=O) groups is 1. The summed E-state index contributed by atoms with van der Waals surface area (Å²) in [5.41, 5.74) is 0. The molecule has 0 aliphatic carbocycles. The van der Waals surface area contributed by atoms with Gasteiger partial charge in [0.25, 0.3) is 0 Å². The standard InChI is InChI=1S/C20H40OS2/c1-3-5-6-7-8-9-10-11-12-13-14-15-16-17-18-19-20(21)23-22-4-2/h3-19H2,1-2H3. The Labute approximate surface area is 153 Å². The van der Waals surface area contributed by atoms with Gasteiger partial charge in [-0.05, 0) is 17.2 Å². The quantitative estimate of drug-likeness (QED) is 0.181. The molecule has 0 unspecified atom stereocenters. The van der Waals surface area contributed by atoms with Crippen molar-refractivity contribution in [2.24, 2.45) is 0 Å². The molecule has 23 heavy (non-hydrogen) atoms. The Hall–Kier alpha value is 0.370. The van der Waals surface area contributed by atoms with Gasteiger partial charge in [-0.3, -0.25) is 4.79 Å². The molecule has 0 saturated carbocycles. The van der Waals surface area contributed by atoms with Crippen molar-refractivity contribution < 1.29 is 4.79 Å². The van der Waals surface area contributed by atoms with E-state index < -0.39 is 0 Å². The third kappa shape index (κ3) is 20.3. The fourth-order valence-electron chi connectivity index (χ4n) is 2.81. The summed E-state index contributed by atoms with van der Waals surface area (Å²) in [5.74, 6) is 1.02. The van der Waals surface area contributed by atoms with E-state index in [1.807, 2.05) is 0 Å². The van der Waals surface area contributed by atoms with Crippen LogP contribution in [0.4, 0.5) is 0 Å². The minimum Gasteiger partial charge on any atom is -0.286 e. The van der Waals surface area contributed by atoms with Crippen LogP contribution in [0.25, 0.3) is 0 Å². The Bertz CT molecular complexity index is 244. The summed E-state index contributed by atoms with van der Waals surface area (Å²) >= 11 is 0. The third-order valence-electron chi connectivity index (χ3n) is 4.25. The molecule has 0 aliphatic rings. The molecule has 0 aliphatic heterocycles. The Morgan fingerprint density at radius 1 is 0.609 bits per heavy atom. The molecule has 0 rings (SSSR count). The van der Waals surface area contributed by atoms with Crippen LogP contribution < -0.4 is 0 Å². The highest BCUT2D eigenvalue weighted by Crippen LogP contribution is 2.24. The van der Waals surface area contributed by atoms with E-state index in [4.69, 9.17) is 0 Å². The SMILES string of the molecule is CCCCCCCCCCCCCCCCCC(=O)SSCC. The van der Waals surface area contributed by atoms with Gasteiger partial charge in [0.1, 0.15) is 0 Å². The van der Waals surface area contributed by atoms with E-state index in [9.17, 15) is 4.79 Å². The molecular formula is C20H40OS2. The first-order valence-electron chi connectivity index (χ1n) is 10.1. The van der Waals surface area contributed by atoms with Gasteiger partial charge in [-0.2, -0.15) is 0 Å². The normalized spacial score (nSPS) is 11.0. The van der Waals surface area contributed by atoms with Gasteiger partial charge in [-0.1, -0.05) is 115 Å². The number of hydrogen-bond acceptors (Lipinski definition) is 3. The molecule has 0 fully saturated rings. The monoisotopic (exact) mass is 360 g/mol. The molecular weight excluding hydrogens is 320 g/mol. The van der Waals surface area contributed by atoms with E-state index in [2.05, 4.69) is 13.8 Å². The lowest BCUT2D eigenvalue weighted by atomic mass is 10.0. The summed E-state index contributed by atoms with van der Waals surface area (Å²) in [6, 6.07) is 0. The zero-order valence-corrected chi connectivity index (χ0v) is 17.4. The van der Waals surface area contributed by atoms with Gasteiger partial charge in [0, 0.05) is 12.2 Å². The minimum atomic E-state index is 0.367.